The van der Waals surface area contributed by atoms with E-state index in [2.05, 4.69) is 23.6 Å². The van der Waals surface area contributed by atoms with Gasteiger partial charge in [-0.1, -0.05) is 26.7 Å². The van der Waals surface area contributed by atoms with Crippen LogP contribution >= 0.6 is 9.76 Å². The van der Waals surface area contributed by atoms with Gasteiger partial charge in [0.05, 0.1) is 16.5 Å². The Balaban J connectivity index is 3.18. The fraction of sp³-hybridized carbons (Fsp3) is 1.00. The zero-order valence-corrected chi connectivity index (χ0v) is 9.52. The Morgan fingerprint density at radius 2 is 1.44 bits per heavy atom. The summed E-state index contributed by atoms with van der Waals surface area (Å²) >= 11 is 0. The van der Waals surface area contributed by atoms with Crippen LogP contribution in [-0.4, -0.2) is 16.5 Å². The maximum atomic E-state index is 2.28. The molecule has 0 unspecified atom stereocenters. The van der Waals surface area contributed by atoms with E-state index in [1.165, 1.54) is 24.9 Å². The van der Waals surface area contributed by atoms with E-state index in [1.807, 2.05) is 0 Å². The number of rotatable bonds is 4. The topological polar surface area (TPSA) is 0 Å². The molecule has 0 heterocycles. The molecule has 0 nitrogen and oxygen atoms in total. The maximum Gasteiger partial charge on any atom is 0.0540 e. The summed E-state index contributed by atoms with van der Waals surface area (Å²) in [5.74, 6) is 0. The highest BCUT2D eigenvalue weighted by Gasteiger charge is 1.70. The van der Waals surface area contributed by atoms with Gasteiger partial charge in [0.25, 0.3) is 0 Å². The second-order valence-electron chi connectivity index (χ2n) is 2.05. The normalized spacial score (nSPS) is 8.67. The molecule has 0 aliphatic heterocycles. The van der Waals surface area contributed by atoms with Gasteiger partial charge in [0.1, 0.15) is 0 Å². The van der Waals surface area contributed by atoms with Crippen molar-refractivity contribution < 1.29 is 0 Å². The predicted molar refractivity (Wildman–Crippen MR) is 52.1 cm³/mol. The second-order valence-corrected chi connectivity index (χ2v) is 9.41. The summed E-state index contributed by atoms with van der Waals surface area (Å²) in [7, 11) is 3.81. The van der Waals surface area contributed by atoms with Crippen molar-refractivity contribution in [3.05, 3.63) is 0 Å². The van der Waals surface area contributed by atoms with Gasteiger partial charge in [0, 0.05) is 0 Å². The minimum atomic E-state index is 0.770. The van der Waals surface area contributed by atoms with Crippen molar-refractivity contribution in [2.45, 2.75) is 38.8 Å². The molecule has 0 aromatic heterocycles. The van der Waals surface area contributed by atoms with Gasteiger partial charge in [-0.25, -0.2) is 9.76 Å². The Labute approximate surface area is 65.3 Å². The minimum Gasteiger partial charge on any atom is -0.234 e. The van der Waals surface area contributed by atoms with Crippen molar-refractivity contribution in [3.63, 3.8) is 0 Å². The molecular formula is C6H16SSi2. The molecular weight excluding hydrogens is 160 g/mol. The summed E-state index contributed by atoms with van der Waals surface area (Å²) in [4.78, 5) is 0. The molecule has 0 amide bonds. The lowest BCUT2D eigenvalue weighted by molar-refractivity contribution is 1.08. The van der Waals surface area contributed by atoms with Gasteiger partial charge in [-0.05, 0) is 12.1 Å². The fourth-order valence-electron chi connectivity index (χ4n) is 0.440. The monoisotopic (exact) mass is 176 g/mol. The fourth-order valence-corrected chi connectivity index (χ4v) is 7.63. The first-order chi connectivity index (χ1) is 4.41. The summed E-state index contributed by atoms with van der Waals surface area (Å²) in [5, 5.41) is 0. The van der Waals surface area contributed by atoms with Crippen LogP contribution in [0.2, 0.25) is 12.1 Å². The average molecular weight is 176 g/mol. The van der Waals surface area contributed by atoms with Crippen LogP contribution in [0.5, 0.6) is 0 Å². The van der Waals surface area contributed by atoms with Crippen LogP contribution in [0.25, 0.3) is 0 Å². The summed E-state index contributed by atoms with van der Waals surface area (Å²) < 4.78 is 0. The SMILES string of the molecule is CCC[SiH]=S=[SiH]CCC. The van der Waals surface area contributed by atoms with E-state index < -0.39 is 0 Å². The first-order valence-electron chi connectivity index (χ1n) is 3.70. The molecule has 0 saturated carbocycles. The summed E-state index contributed by atoms with van der Waals surface area (Å²) in [6, 6.07) is 3.00. The molecule has 3 heteroatoms. The average Bonchev–Trinajstić information content (AvgIpc) is 1.89. The van der Waals surface area contributed by atoms with Crippen molar-refractivity contribution in [2.75, 3.05) is 0 Å². The van der Waals surface area contributed by atoms with Crippen molar-refractivity contribution in [3.8, 4) is 0 Å². The van der Waals surface area contributed by atoms with Crippen molar-refractivity contribution in [1.82, 2.24) is 0 Å². The van der Waals surface area contributed by atoms with E-state index in [9.17, 15) is 0 Å². The van der Waals surface area contributed by atoms with E-state index >= 15 is 0 Å². The van der Waals surface area contributed by atoms with Gasteiger partial charge < -0.3 is 0 Å². The van der Waals surface area contributed by atoms with Gasteiger partial charge in [-0.2, -0.15) is 0 Å². The summed E-state index contributed by atoms with van der Waals surface area (Å²) in [6.07, 6.45) is 2.79. The third-order valence-corrected chi connectivity index (χ3v) is 9.05. The molecule has 0 atom stereocenters. The quantitative estimate of drug-likeness (QED) is 0.575. The molecule has 0 bridgehead atoms. The van der Waals surface area contributed by atoms with Crippen LogP contribution in [0.1, 0.15) is 26.7 Å². The van der Waals surface area contributed by atoms with Crippen LogP contribution in [0.4, 0.5) is 0 Å². The Morgan fingerprint density at radius 3 is 1.78 bits per heavy atom. The van der Waals surface area contributed by atoms with Gasteiger partial charge in [0.15, 0.2) is 0 Å². The van der Waals surface area contributed by atoms with E-state index in [-0.39, 0.29) is 0 Å². The lowest BCUT2D eigenvalue weighted by Gasteiger charge is -1.77. The van der Waals surface area contributed by atoms with Crippen LogP contribution in [-0.2, 0) is 0 Å². The standard InChI is InChI=1S/C6H16SSi2/c1-3-5-8-7-9-6-4-2/h8-9H,3-6H2,1-2H3. The Morgan fingerprint density at radius 1 is 1.00 bits per heavy atom. The Bertz CT molecular complexity index is 95.6. The van der Waals surface area contributed by atoms with E-state index in [0.29, 0.717) is 0 Å². The number of hydrogen-bond acceptors (Lipinski definition) is 0. The minimum absolute atomic E-state index is 0.770. The van der Waals surface area contributed by atoms with Crippen molar-refractivity contribution in [1.29, 1.82) is 0 Å². The van der Waals surface area contributed by atoms with Crippen molar-refractivity contribution >= 4 is 26.2 Å². The maximum absolute atomic E-state index is 2.28. The molecule has 0 fully saturated rings. The molecule has 0 saturated heterocycles. The first kappa shape index (κ1) is 9.65. The zero-order chi connectivity index (χ0) is 6.95. The lowest BCUT2D eigenvalue weighted by atomic mass is 10.6. The summed E-state index contributed by atoms with van der Waals surface area (Å²) in [5.41, 5.74) is 0. The van der Waals surface area contributed by atoms with Crippen LogP contribution in [0.15, 0.2) is 0 Å². The van der Waals surface area contributed by atoms with Crippen LogP contribution in [0, 0.1) is 0 Å². The molecule has 9 heavy (non-hydrogen) atoms. The molecule has 54 valence electrons. The highest BCUT2D eigenvalue weighted by Crippen LogP contribution is 1.85. The highest BCUT2D eigenvalue weighted by molar-refractivity contribution is 8.06. The molecule has 0 rings (SSSR count). The predicted octanol–water partition coefficient (Wildman–Crippen LogP) is 2.08. The smallest absolute Gasteiger partial charge is 0.0540 e. The first-order valence-corrected chi connectivity index (χ1v) is 9.11. The molecule has 0 aliphatic carbocycles. The van der Waals surface area contributed by atoms with Crippen molar-refractivity contribution in [2.24, 2.45) is 0 Å². The van der Waals surface area contributed by atoms with E-state index in [1.54, 1.807) is 0 Å². The van der Waals surface area contributed by atoms with Gasteiger partial charge in [-0.15, -0.1) is 0 Å². The molecule has 0 N–H and O–H groups in total. The Hall–Kier alpha value is 0.654. The van der Waals surface area contributed by atoms with Gasteiger partial charge >= 0.3 is 0 Å². The second kappa shape index (κ2) is 8.65. The van der Waals surface area contributed by atoms with Gasteiger partial charge in [-0.3, -0.25) is 0 Å². The van der Waals surface area contributed by atoms with Crippen LogP contribution < -0.4 is 0 Å². The number of hydrogen-bond donors (Lipinski definition) is 0. The lowest BCUT2D eigenvalue weighted by Crippen LogP contribution is -1.69. The molecule has 0 radical (unpaired) electrons. The Kier molecular flexibility index (Phi) is 9.28. The van der Waals surface area contributed by atoms with E-state index in [0.717, 1.165) is 16.5 Å². The van der Waals surface area contributed by atoms with Crippen LogP contribution in [0.3, 0.4) is 0 Å². The molecule has 0 spiro atoms. The zero-order valence-electron chi connectivity index (χ0n) is 6.39. The summed E-state index contributed by atoms with van der Waals surface area (Å²) in [6.45, 7) is 4.56. The van der Waals surface area contributed by atoms with E-state index in [4.69, 9.17) is 0 Å². The highest BCUT2D eigenvalue weighted by atomic mass is 32.3. The largest absolute Gasteiger partial charge is 0.234 e. The van der Waals surface area contributed by atoms with Gasteiger partial charge in [0.2, 0.25) is 0 Å². The molecule has 0 aromatic rings. The molecule has 0 aliphatic rings. The molecule has 0 aromatic carbocycles. The third-order valence-electron chi connectivity index (χ3n) is 1.01. The third kappa shape index (κ3) is 8.65.